The number of fused-ring (bicyclic) bond motifs is 2. The van der Waals surface area contributed by atoms with Crippen LogP contribution in [0.25, 0.3) is 0 Å². The average Bonchev–Trinajstić information content (AvgIpc) is 3.08. The molecule has 1 saturated carbocycles. The number of rotatable bonds is 4. The van der Waals surface area contributed by atoms with Crippen LogP contribution in [0, 0.1) is 23.7 Å². The zero-order valence-electron chi connectivity index (χ0n) is 11.7. The molecular weight excluding hydrogens is 270 g/mol. The van der Waals surface area contributed by atoms with E-state index >= 15 is 0 Å². The van der Waals surface area contributed by atoms with Gasteiger partial charge in [-0.15, -0.1) is 0 Å². The van der Waals surface area contributed by atoms with E-state index in [1.165, 1.54) is 0 Å². The first kappa shape index (κ1) is 13.7. The quantitative estimate of drug-likeness (QED) is 0.832. The molecule has 0 unspecified atom stereocenters. The van der Waals surface area contributed by atoms with Gasteiger partial charge in [0.15, 0.2) is 0 Å². The number of carboxylic acids is 1. The normalized spacial score (nSPS) is 29.4. The second-order valence-electron chi connectivity index (χ2n) is 5.56. The lowest BCUT2D eigenvalue weighted by Gasteiger charge is -2.23. The molecule has 4 atom stereocenters. The van der Waals surface area contributed by atoms with Crippen molar-refractivity contribution in [3.8, 4) is 5.75 Å². The van der Waals surface area contributed by atoms with Gasteiger partial charge < -0.3 is 15.2 Å². The van der Waals surface area contributed by atoms with Crippen LogP contribution in [0.1, 0.15) is 6.42 Å². The van der Waals surface area contributed by atoms with Crippen LogP contribution in [0.4, 0.5) is 5.69 Å². The summed E-state index contributed by atoms with van der Waals surface area (Å²) >= 11 is 0. The van der Waals surface area contributed by atoms with Crippen molar-refractivity contribution in [3.63, 3.8) is 0 Å². The Morgan fingerprint density at radius 2 is 1.76 bits per heavy atom. The summed E-state index contributed by atoms with van der Waals surface area (Å²) in [6.45, 7) is 0. The topological polar surface area (TPSA) is 75.6 Å². The fourth-order valence-corrected chi connectivity index (χ4v) is 3.42. The molecule has 3 rings (SSSR count). The molecule has 1 fully saturated rings. The predicted octanol–water partition coefficient (Wildman–Crippen LogP) is 2.16. The van der Waals surface area contributed by atoms with Gasteiger partial charge in [0.2, 0.25) is 5.91 Å². The van der Waals surface area contributed by atoms with Crippen LogP contribution in [0.2, 0.25) is 0 Å². The van der Waals surface area contributed by atoms with Crippen molar-refractivity contribution >= 4 is 17.6 Å². The van der Waals surface area contributed by atoms with Gasteiger partial charge in [-0.2, -0.15) is 0 Å². The minimum Gasteiger partial charge on any atom is -0.497 e. The van der Waals surface area contributed by atoms with Crippen molar-refractivity contribution in [2.45, 2.75) is 6.42 Å². The lowest BCUT2D eigenvalue weighted by molar-refractivity contribution is -0.146. The van der Waals surface area contributed by atoms with Crippen LogP contribution >= 0.6 is 0 Å². The van der Waals surface area contributed by atoms with E-state index in [1.54, 1.807) is 31.4 Å². The fraction of sp³-hybridized carbons (Fsp3) is 0.375. The SMILES string of the molecule is COc1ccc(NC(=O)[C@H]2[C@@H](C(=O)O)[C@@H]3C=C[C@H]2C3)cc1. The average molecular weight is 287 g/mol. The number of carbonyl (C=O) groups excluding carboxylic acids is 1. The van der Waals surface area contributed by atoms with Crippen molar-refractivity contribution in [1.29, 1.82) is 0 Å². The highest BCUT2D eigenvalue weighted by atomic mass is 16.5. The first-order valence-electron chi connectivity index (χ1n) is 6.96. The minimum absolute atomic E-state index is 0.0147. The van der Waals surface area contributed by atoms with Crippen LogP contribution in [0.5, 0.6) is 5.75 Å². The number of ether oxygens (including phenoxy) is 1. The van der Waals surface area contributed by atoms with E-state index < -0.39 is 17.8 Å². The van der Waals surface area contributed by atoms with Gasteiger partial charge in [0.1, 0.15) is 5.75 Å². The molecule has 0 saturated heterocycles. The van der Waals surface area contributed by atoms with E-state index in [1.807, 2.05) is 12.2 Å². The van der Waals surface area contributed by atoms with Gasteiger partial charge >= 0.3 is 5.97 Å². The molecular formula is C16H17NO4. The third-order valence-electron chi connectivity index (χ3n) is 4.40. The maximum atomic E-state index is 12.4. The number of carbonyl (C=O) groups is 2. The van der Waals surface area contributed by atoms with E-state index in [2.05, 4.69) is 5.32 Å². The van der Waals surface area contributed by atoms with Crippen molar-refractivity contribution in [1.82, 2.24) is 0 Å². The number of allylic oxidation sites excluding steroid dienone is 2. The van der Waals surface area contributed by atoms with Gasteiger partial charge in [0.05, 0.1) is 18.9 Å². The Bertz CT molecular complexity index is 593. The summed E-state index contributed by atoms with van der Waals surface area (Å²) in [5.41, 5.74) is 0.650. The number of carboxylic acid groups (broad SMARTS) is 1. The zero-order valence-corrected chi connectivity index (χ0v) is 11.7. The van der Waals surface area contributed by atoms with Crippen molar-refractivity contribution in [2.24, 2.45) is 23.7 Å². The van der Waals surface area contributed by atoms with Crippen LogP contribution < -0.4 is 10.1 Å². The van der Waals surface area contributed by atoms with E-state index in [0.717, 1.165) is 6.42 Å². The molecule has 0 heterocycles. The van der Waals surface area contributed by atoms with Crippen LogP contribution in [-0.2, 0) is 9.59 Å². The summed E-state index contributed by atoms with van der Waals surface area (Å²) < 4.78 is 5.06. The summed E-state index contributed by atoms with van der Waals surface area (Å²) in [6, 6.07) is 7.00. The molecule has 1 aromatic rings. The molecule has 0 spiro atoms. The van der Waals surface area contributed by atoms with Gasteiger partial charge in [0.25, 0.3) is 0 Å². The molecule has 21 heavy (non-hydrogen) atoms. The van der Waals surface area contributed by atoms with Gasteiger partial charge in [-0.05, 0) is 42.5 Å². The molecule has 0 aromatic heterocycles. The fourth-order valence-electron chi connectivity index (χ4n) is 3.42. The molecule has 1 amide bonds. The largest absolute Gasteiger partial charge is 0.497 e. The standard InChI is InChI=1S/C16H17NO4/c1-21-12-6-4-11(5-7-12)17-15(18)13-9-2-3-10(8-9)14(13)16(19)20/h2-7,9-10,13-14H,8H2,1H3,(H,17,18)(H,19,20)/t9-,10+,13+,14-/m0/s1. The van der Waals surface area contributed by atoms with Crippen molar-refractivity contribution < 1.29 is 19.4 Å². The number of hydrogen-bond donors (Lipinski definition) is 2. The Morgan fingerprint density at radius 3 is 2.33 bits per heavy atom. The zero-order chi connectivity index (χ0) is 15.0. The van der Waals surface area contributed by atoms with Gasteiger partial charge in [-0.25, -0.2) is 0 Å². The first-order valence-corrected chi connectivity index (χ1v) is 6.96. The molecule has 2 aliphatic rings. The van der Waals surface area contributed by atoms with E-state index in [9.17, 15) is 14.7 Å². The van der Waals surface area contributed by atoms with E-state index in [-0.39, 0.29) is 17.7 Å². The summed E-state index contributed by atoms with van der Waals surface area (Å²) in [5.74, 6) is -1.48. The molecule has 5 heteroatoms. The molecule has 2 bridgehead atoms. The van der Waals surface area contributed by atoms with E-state index in [4.69, 9.17) is 4.74 Å². The first-order chi connectivity index (χ1) is 10.1. The van der Waals surface area contributed by atoms with Crippen molar-refractivity contribution in [2.75, 3.05) is 12.4 Å². The molecule has 5 nitrogen and oxygen atoms in total. The number of amides is 1. The Kier molecular flexibility index (Phi) is 3.41. The maximum absolute atomic E-state index is 12.4. The summed E-state index contributed by atoms with van der Waals surface area (Å²) in [5, 5.41) is 12.2. The predicted molar refractivity (Wildman–Crippen MR) is 77.0 cm³/mol. The number of nitrogens with one attached hydrogen (secondary N) is 1. The highest BCUT2D eigenvalue weighted by Crippen LogP contribution is 2.48. The third kappa shape index (κ3) is 2.39. The maximum Gasteiger partial charge on any atom is 0.307 e. The molecule has 2 N–H and O–H groups in total. The Labute approximate surface area is 122 Å². The Morgan fingerprint density at radius 1 is 1.14 bits per heavy atom. The number of anilines is 1. The number of benzene rings is 1. The number of hydrogen-bond acceptors (Lipinski definition) is 3. The summed E-state index contributed by atoms with van der Waals surface area (Å²) in [6.07, 6.45) is 4.67. The monoisotopic (exact) mass is 287 g/mol. The minimum atomic E-state index is -0.887. The van der Waals surface area contributed by atoms with Crippen molar-refractivity contribution in [3.05, 3.63) is 36.4 Å². The molecule has 110 valence electrons. The van der Waals surface area contributed by atoms with Gasteiger partial charge in [-0.3, -0.25) is 9.59 Å². The second-order valence-corrected chi connectivity index (χ2v) is 5.56. The lowest BCUT2D eigenvalue weighted by atomic mass is 9.82. The van der Waals surface area contributed by atoms with Crippen LogP contribution in [0.3, 0.4) is 0 Å². The Hall–Kier alpha value is -2.30. The van der Waals surface area contributed by atoms with Crippen LogP contribution in [-0.4, -0.2) is 24.1 Å². The molecule has 0 radical (unpaired) electrons. The second kappa shape index (κ2) is 5.24. The summed E-state index contributed by atoms with van der Waals surface area (Å²) in [7, 11) is 1.58. The Balaban J connectivity index is 1.75. The number of aliphatic carboxylic acids is 1. The highest BCUT2D eigenvalue weighted by molar-refractivity contribution is 5.96. The molecule has 2 aliphatic carbocycles. The van der Waals surface area contributed by atoms with E-state index in [0.29, 0.717) is 11.4 Å². The number of methoxy groups -OCH3 is 1. The lowest BCUT2D eigenvalue weighted by Crippen LogP contribution is -2.36. The van der Waals surface area contributed by atoms with Crippen LogP contribution in [0.15, 0.2) is 36.4 Å². The summed E-state index contributed by atoms with van der Waals surface area (Å²) in [4.78, 5) is 23.8. The smallest absolute Gasteiger partial charge is 0.307 e. The van der Waals surface area contributed by atoms with Gasteiger partial charge in [0, 0.05) is 5.69 Å². The molecule has 1 aromatic carbocycles. The van der Waals surface area contributed by atoms with Gasteiger partial charge in [-0.1, -0.05) is 12.2 Å². The third-order valence-corrected chi connectivity index (χ3v) is 4.40. The highest BCUT2D eigenvalue weighted by Gasteiger charge is 2.51. The molecule has 0 aliphatic heterocycles.